The average molecular weight is 384 g/mol. The van der Waals surface area contributed by atoms with E-state index in [0.717, 1.165) is 5.56 Å². The van der Waals surface area contributed by atoms with Gasteiger partial charge in [-0.25, -0.2) is 14.9 Å². The van der Waals surface area contributed by atoms with Crippen molar-refractivity contribution < 1.29 is 4.79 Å². The predicted molar refractivity (Wildman–Crippen MR) is 101 cm³/mol. The Hall–Kier alpha value is -2.96. The van der Waals surface area contributed by atoms with Gasteiger partial charge in [0.25, 0.3) is 5.91 Å². The number of aliphatic imine (C=N–C) groups is 1. The van der Waals surface area contributed by atoms with Gasteiger partial charge in [0.2, 0.25) is 5.96 Å². The van der Waals surface area contributed by atoms with Crippen LogP contribution in [0.25, 0.3) is 6.08 Å². The number of aromatic nitrogens is 3. The molecule has 6 nitrogen and oxygen atoms in total. The fraction of sp³-hybridized carbons (Fsp3) is 0. The summed E-state index contributed by atoms with van der Waals surface area (Å²) in [5.41, 5.74) is 1.68. The molecule has 4 rings (SSSR count). The molecule has 128 valence electrons. The Morgan fingerprint density at radius 3 is 2.50 bits per heavy atom. The molecule has 0 N–H and O–H groups in total. The summed E-state index contributed by atoms with van der Waals surface area (Å²) < 4.78 is 1.44. The van der Waals surface area contributed by atoms with Crippen molar-refractivity contribution in [2.45, 2.75) is 0 Å². The van der Waals surface area contributed by atoms with Gasteiger partial charge in [-0.3, -0.25) is 4.79 Å². The van der Waals surface area contributed by atoms with Crippen LogP contribution in [0.5, 0.6) is 0 Å². The molecule has 1 aliphatic rings. The zero-order valence-corrected chi connectivity index (χ0v) is 14.8. The van der Waals surface area contributed by atoms with Gasteiger partial charge in [0.05, 0.1) is 5.69 Å². The highest BCUT2D eigenvalue weighted by molar-refractivity contribution is 6.31. The number of rotatable bonds is 2. The largest absolute Gasteiger partial charge is 0.283 e. The number of carbonyl (C=O) groups is 1. The first kappa shape index (κ1) is 16.5. The van der Waals surface area contributed by atoms with E-state index in [1.54, 1.807) is 42.5 Å². The van der Waals surface area contributed by atoms with Gasteiger partial charge in [-0.2, -0.15) is 9.78 Å². The Morgan fingerprint density at radius 2 is 1.81 bits per heavy atom. The average Bonchev–Trinajstić information content (AvgIpc) is 3.25. The third-order valence-electron chi connectivity index (χ3n) is 3.70. The van der Waals surface area contributed by atoms with Crippen molar-refractivity contribution in [1.29, 1.82) is 0 Å². The van der Waals surface area contributed by atoms with Crippen LogP contribution in [0.4, 0.5) is 5.69 Å². The van der Waals surface area contributed by atoms with Crippen LogP contribution >= 0.6 is 23.2 Å². The zero-order valence-electron chi connectivity index (χ0n) is 13.3. The minimum absolute atomic E-state index is 0.271. The summed E-state index contributed by atoms with van der Waals surface area (Å²) in [6.45, 7) is 0. The van der Waals surface area contributed by atoms with Crippen molar-refractivity contribution in [3.63, 3.8) is 0 Å². The summed E-state index contributed by atoms with van der Waals surface area (Å²) in [5.74, 6) is 0.0564. The third kappa shape index (κ3) is 3.12. The Balaban J connectivity index is 1.80. The lowest BCUT2D eigenvalue weighted by Crippen LogP contribution is -2.36. The van der Waals surface area contributed by atoms with Gasteiger partial charge in [-0.15, -0.1) is 0 Å². The van der Waals surface area contributed by atoms with Crippen molar-refractivity contribution in [3.05, 3.63) is 82.5 Å². The number of nitrogens with zero attached hydrogens (tertiary/aromatic N) is 5. The van der Waals surface area contributed by atoms with Crippen LogP contribution in [0.15, 0.2) is 71.9 Å². The summed E-state index contributed by atoms with van der Waals surface area (Å²) in [4.78, 5) is 22.8. The SMILES string of the molecule is O=C1/C(=C/c2cccc(Cl)c2)N=C(n2cncn2)N1c1ccc(Cl)cc1. The van der Waals surface area contributed by atoms with E-state index in [1.165, 1.54) is 22.2 Å². The van der Waals surface area contributed by atoms with Crippen molar-refractivity contribution >= 4 is 46.8 Å². The number of amides is 1. The van der Waals surface area contributed by atoms with Gasteiger partial charge in [0.15, 0.2) is 0 Å². The Kier molecular flexibility index (Phi) is 4.28. The highest BCUT2D eigenvalue weighted by Crippen LogP contribution is 2.27. The quantitative estimate of drug-likeness (QED) is 0.630. The van der Waals surface area contributed by atoms with Crippen molar-refractivity contribution in [1.82, 2.24) is 14.8 Å². The molecular formula is C18H11Cl2N5O. The predicted octanol–water partition coefficient (Wildman–Crippen LogP) is 3.88. The molecular weight excluding hydrogens is 373 g/mol. The summed E-state index contributed by atoms with van der Waals surface area (Å²) in [7, 11) is 0. The molecule has 1 aliphatic heterocycles. The molecule has 0 unspecified atom stereocenters. The maximum Gasteiger partial charge on any atom is 0.283 e. The highest BCUT2D eigenvalue weighted by atomic mass is 35.5. The molecule has 0 aliphatic carbocycles. The lowest BCUT2D eigenvalue weighted by atomic mass is 10.2. The molecule has 1 aromatic heterocycles. The molecule has 0 saturated carbocycles. The van der Waals surface area contributed by atoms with Crippen LogP contribution in [-0.4, -0.2) is 26.6 Å². The van der Waals surface area contributed by atoms with Gasteiger partial charge in [-0.1, -0.05) is 35.3 Å². The second-order valence-corrected chi connectivity index (χ2v) is 6.33. The summed E-state index contributed by atoms with van der Waals surface area (Å²) in [6.07, 6.45) is 4.55. The number of halogens is 2. The Bertz CT molecular complexity index is 1030. The molecule has 3 aromatic rings. The number of hydrogen-bond acceptors (Lipinski definition) is 4. The van der Waals surface area contributed by atoms with Gasteiger partial charge < -0.3 is 0 Å². The first-order valence-electron chi connectivity index (χ1n) is 7.63. The van der Waals surface area contributed by atoms with E-state index in [-0.39, 0.29) is 11.6 Å². The monoisotopic (exact) mass is 383 g/mol. The molecule has 0 radical (unpaired) electrons. The topological polar surface area (TPSA) is 63.4 Å². The van der Waals surface area contributed by atoms with E-state index < -0.39 is 0 Å². The van der Waals surface area contributed by atoms with Gasteiger partial charge >= 0.3 is 0 Å². The summed E-state index contributed by atoms with van der Waals surface area (Å²) in [5, 5.41) is 5.25. The van der Waals surface area contributed by atoms with Crippen LogP contribution in [0.2, 0.25) is 10.0 Å². The van der Waals surface area contributed by atoms with Crippen LogP contribution in [-0.2, 0) is 4.79 Å². The fourth-order valence-corrected chi connectivity index (χ4v) is 2.87. The fourth-order valence-electron chi connectivity index (χ4n) is 2.55. The van der Waals surface area contributed by atoms with Gasteiger partial charge in [-0.05, 0) is 48.0 Å². The molecule has 0 atom stereocenters. The lowest BCUT2D eigenvalue weighted by molar-refractivity contribution is -0.113. The van der Waals surface area contributed by atoms with E-state index in [9.17, 15) is 4.79 Å². The standard InChI is InChI=1S/C18H11Cl2N5O/c19-13-4-6-15(7-5-13)25-17(26)16(9-12-2-1-3-14(20)8-12)23-18(25)24-11-21-10-22-24/h1-11H/b16-9-. The second kappa shape index (κ2) is 6.74. The van der Waals surface area contributed by atoms with E-state index in [2.05, 4.69) is 15.1 Å². The highest BCUT2D eigenvalue weighted by Gasteiger charge is 2.33. The van der Waals surface area contributed by atoms with E-state index in [0.29, 0.717) is 21.7 Å². The lowest BCUT2D eigenvalue weighted by Gasteiger charge is -2.17. The minimum Gasteiger partial charge on any atom is -0.266 e. The summed E-state index contributed by atoms with van der Waals surface area (Å²) >= 11 is 12.0. The molecule has 1 amide bonds. The van der Waals surface area contributed by atoms with E-state index in [4.69, 9.17) is 23.2 Å². The first-order chi connectivity index (χ1) is 12.6. The molecule has 0 bridgehead atoms. The Morgan fingerprint density at radius 1 is 1.00 bits per heavy atom. The molecule has 26 heavy (non-hydrogen) atoms. The van der Waals surface area contributed by atoms with Crippen LogP contribution in [0.1, 0.15) is 5.56 Å². The van der Waals surface area contributed by atoms with Crippen LogP contribution < -0.4 is 4.90 Å². The first-order valence-corrected chi connectivity index (χ1v) is 8.38. The number of benzene rings is 2. The normalized spacial score (nSPS) is 15.6. The molecule has 0 fully saturated rings. The second-order valence-electron chi connectivity index (χ2n) is 5.45. The summed E-state index contributed by atoms with van der Waals surface area (Å²) in [6, 6.07) is 14.1. The van der Waals surface area contributed by atoms with E-state index in [1.807, 2.05) is 12.1 Å². The minimum atomic E-state index is -0.280. The van der Waals surface area contributed by atoms with Crippen molar-refractivity contribution in [3.8, 4) is 0 Å². The zero-order chi connectivity index (χ0) is 18.1. The van der Waals surface area contributed by atoms with Crippen molar-refractivity contribution in [2.24, 2.45) is 4.99 Å². The van der Waals surface area contributed by atoms with Crippen molar-refractivity contribution in [2.75, 3.05) is 4.90 Å². The number of hydrogen-bond donors (Lipinski definition) is 0. The van der Waals surface area contributed by atoms with E-state index >= 15 is 0 Å². The smallest absolute Gasteiger partial charge is 0.266 e. The Labute approximate surface area is 159 Å². The molecule has 0 spiro atoms. The molecule has 0 saturated heterocycles. The number of anilines is 1. The number of carbonyl (C=O) groups excluding carboxylic acids is 1. The molecule has 8 heteroatoms. The maximum atomic E-state index is 13.0. The van der Waals surface area contributed by atoms with Gasteiger partial charge in [0, 0.05) is 10.0 Å². The third-order valence-corrected chi connectivity index (χ3v) is 4.19. The molecule has 2 aromatic carbocycles. The van der Waals surface area contributed by atoms with Crippen LogP contribution in [0, 0.1) is 0 Å². The van der Waals surface area contributed by atoms with Crippen LogP contribution in [0.3, 0.4) is 0 Å². The maximum absolute atomic E-state index is 13.0. The molecule has 2 heterocycles. The van der Waals surface area contributed by atoms with Gasteiger partial charge in [0.1, 0.15) is 18.4 Å².